The molecule has 1 aromatic heterocycles. The summed E-state index contributed by atoms with van der Waals surface area (Å²) in [5, 5.41) is 4.04. The van der Waals surface area contributed by atoms with Gasteiger partial charge in [0.25, 0.3) is 5.91 Å². The Morgan fingerprint density at radius 2 is 2.00 bits per heavy atom. The first kappa shape index (κ1) is 20.8. The van der Waals surface area contributed by atoms with Crippen LogP contribution in [0.2, 0.25) is 0 Å². The molecule has 1 atom stereocenters. The van der Waals surface area contributed by atoms with Crippen LogP contribution in [-0.2, 0) is 17.6 Å². The van der Waals surface area contributed by atoms with E-state index >= 15 is 0 Å². The number of nitrogens with one attached hydrogen (secondary N) is 1. The topological polar surface area (TPSA) is 62.3 Å². The van der Waals surface area contributed by atoms with Gasteiger partial charge in [-0.15, -0.1) is 0 Å². The highest BCUT2D eigenvalue weighted by Crippen LogP contribution is 2.32. The second-order valence-electron chi connectivity index (χ2n) is 8.72. The van der Waals surface area contributed by atoms with Crippen molar-refractivity contribution >= 4 is 22.7 Å². The maximum atomic E-state index is 13.6. The minimum absolute atomic E-state index is 0.0761. The van der Waals surface area contributed by atoms with Crippen LogP contribution in [0.4, 0.5) is 0 Å². The number of hydrogen-bond acceptors (Lipinski definition) is 3. The molecule has 0 spiro atoms. The van der Waals surface area contributed by atoms with Crippen LogP contribution in [0.25, 0.3) is 10.9 Å². The van der Waals surface area contributed by atoms with Crippen molar-refractivity contribution in [2.45, 2.75) is 64.7 Å². The van der Waals surface area contributed by atoms with Crippen molar-refractivity contribution in [2.75, 3.05) is 19.6 Å². The first-order valence-corrected chi connectivity index (χ1v) is 11.7. The molecule has 5 heteroatoms. The zero-order valence-electron chi connectivity index (χ0n) is 18.1. The summed E-state index contributed by atoms with van der Waals surface area (Å²) < 4.78 is 0. The van der Waals surface area contributed by atoms with Gasteiger partial charge in [-0.1, -0.05) is 44.4 Å². The lowest BCUT2D eigenvalue weighted by atomic mass is 9.94. The van der Waals surface area contributed by atoms with Crippen LogP contribution < -0.4 is 5.32 Å². The molecular formula is C25H33N3O2. The minimum Gasteiger partial charge on any atom is -0.356 e. The fourth-order valence-electron chi connectivity index (χ4n) is 4.90. The smallest absolute Gasteiger partial charge is 0.254 e. The number of aromatic nitrogens is 1. The number of hydrogen-bond donors (Lipinski definition) is 1. The number of piperidine rings is 1. The third-order valence-electron chi connectivity index (χ3n) is 6.54. The van der Waals surface area contributed by atoms with Gasteiger partial charge in [-0.3, -0.25) is 14.6 Å². The summed E-state index contributed by atoms with van der Waals surface area (Å²) in [5.41, 5.74) is 3.94. The number of rotatable bonds is 7. The molecule has 0 radical (unpaired) electrons. The first-order valence-electron chi connectivity index (χ1n) is 11.7. The summed E-state index contributed by atoms with van der Waals surface area (Å²) in [5.74, 6) is 0.0797. The summed E-state index contributed by atoms with van der Waals surface area (Å²) in [7, 11) is 0. The Balaban J connectivity index is 1.48. The summed E-state index contributed by atoms with van der Waals surface area (Å²) in [6, 6.07) is 7.97. The van der Waals surface area contributed by atoms with Gasteiger partial charge in [0.15, 0.2) is 0 Å². The number of fused-ring (bicyclic) bond motifs is 2. The quantitative estimate of drug-likeness (QED) is 0.697. The largest absolute Gasteiger partial charge is 0.356 e. The maximum absolute atomic E-state index is 13.6. The van der Waals surface area contributed by atoms with Crippen molar-refractivity contribution in [3.05, 3.63) is 41.1 Å². The van der Waals surface area contributed by atoms with Gasteiger partial charge in [-0.2, -0.15) is 0 Å². The number of para-hydroxylation sites is 1. The molecule has 30 heavy (non-hydrogen) atoms. The number of benzene rings is 1. The molecule has 0 saturated carbocycles. The summed E-state index contributed by atoms with van der Waals surface area (Å²) in [6.07, 6.45) is 9.27. The fourth-order valence-corrected chi connectivity index (χ4v) is 4.90. The van der Waals surface area contributed by atoms with Gasteiger partial charge in [0.2, 0.25) is 5.91 Å². The molecule has 1 aliphatic heterocycles. The molecule has 5 nitrogen and oxygen atoms in total. The van der Waals surface area contributed by atoms with Gasteiger partial charge >= 0.3 is 0 Å². The average molecular weight is 408 g/mol. The lowest BCUT2D eigenvalue weighted by molar-refractivity contribution is -0.126. The van der Waals surface area contributed by atoms with Crippen molar-refractivity contribution in [3.8, 4) is 0 Å². The summed E-state index contributed by atoms with van der Waals surface area (Å²) in [6.45, 7) is 4.18. The molecule has 2 aliphatic rings. The van der Waals surface area contributed by atoms with Crippen LogP contribution in [0.5, 0.6) is 0 Å². The Kier molecular flexibility index (Phi) is 6.66. The number of aryl methyl sites for hydroxylation is 1. The lowest BCUT2D eigenvalue weighted by Gasteiger charge is -2.33. The predicted molar refractivity (Wildman–Crippen MR) is 120 cm³/mol. The van der Waals surface area contributed by atoms with Crippen molar-refractivity contribution in [1.82, 2.24) is 15.2 Å². The van der Waals surface area contributed by atoms with Gasteiger partial charge < -0.3 is 10.2 Å². The molecule has 1 saturated heterocycles. The van der Waals surface area contributed by atoms with Crippen LogP contribution in [0, 0.1) is 5.92 Å². The van der Waals surface area contributed by atoms with E-state index in [4.69, 9.17) is 4.98 Å². The number of likely N-dealkylation sites (tertiary alicyclic amines) is 1. The first-order chi connectivity index (χ1) is 14.7. The van der Waals surface area contributed by atoms with E-state index < -0.39 is 0 Å². The molecule has 1 aliphatic carbocycles. The van der Waals surface area contributed by atoms with Crippen LogP contribution in [-0.4, -0.2) is 41.3 Å². The minimum atomic E-state index is -0.102. The molecule has 0 bridgehead atoms. The highest BCUT2D eigenvalue weighted by molar-refractivity contribution is 6.08. The Morgan fingerprint density at radius 3 is 2.87 bits per heavy atom. The van der Waals surface area contributed by atoms with E-state index in [1.54, 1.807) is 0 Å². The van der Waals surface area contributed by atoms with Crippen LogP contribution in [0.3, 0.4) is 0 Å². The van der Waals surface area contributed by atoms with E-state index in [0.717, 1.165) is 85.8 Å². The summed E-state index contributed by atoms with van der Waals surface area (Å²) in [4.78, 5) is 33.0. The SMILES string of the molecule is CCCCCCNC(=O)C1CCCN(C(=O)c2c3c(nc4ccccc24)CCC3)C1. The van der Waals surface area contributed by atoms with Crippen molar-refractivity contribution in [1.29, 1.82) is 0 Å². The highest BCUT2D eigenvalue weighted by Gasteiger charge is 2.32. The maximum Gasteiger partial charge on any atom is 0.254 e. The third-order valence-corrected chi connectivity index (χ3v) is 6.54. The van der Waals surface area contributed by atoms with E-state index in [1.165, 1.54) is 12.8 Å². The highest BCUT2D eigenvalue weighted by atomic mass is 16.2. The van der Waals surface area contributed by atoms with Crippen molar-refractivity contribution < 1.29 is 9.59 Å². The number of carbonyl (C=O) groups is 2. The molecule has 2 aromatic rings. The normalized spacial score (nSPS) is 18.4. The third kappa shape index (κ3) is 4.35. The number of carbonyl (C=O) groups excluding carboxylic acids is 2. The van der Waals surface area contributed by atoms with E-state index in [1.807, 2.05) is 29.2 Å². The molecule has 4 rings (SSSR count). The second-order valence-corrected chi connectivity index (χ2v) is 8.72. The second kappa shape index (κ2) is 9.59. The lowest BCUT2D eigenvalue weighted by Crippen LogP contribution is -2.45. The van der Waals surface area contributed by atoms with Crippen molar-refractivity contribution in [3.63, 3.8) is 0 Å². The van der Waals surface area contributed by atoms with Crippen LogP contribution >= 0.6 is 0 Å². The Labute approximate surface area is 179 Å². The molecular weight excluding hydrogens is 374 g/mol. The molecule has 1 N–H and O–H groups in total. The Morgan fingerprint density at radius 1 is 1.13 bits per heavy atom. The van der Waals surface area contributed by atoms with Gasteiger partial charge in [0.1, 0.15) is 0 Å². The van der Waals surface area contributed by atoms with Crippen LogP contribution in [0.15, 0.2) is 24.3 Å². The van der Waals surface area contributed by atoms with Crippen molar-refractivity contribution in [2.24, 2.45) is 5.92 Å². The van der Waals surface area contributed by atoms with E-state index in [2.05, 4.69) is 12.2 Å². The van der Waals surface area contributed by atoms with Gasteiger partial charge in [0, 0.05) is 30.7 Å². The standard InChI is InChI=1S/C25H33N3O2/c1-2-3-4-7-15-26-24(29)18-10-9-16-28(17-18)25(30)23-19-11-5-6-13-21(19)27-22-14-8-12-20(22)23/h5-6,11,13,18H,2-4,7-10,12,14-17H2,1H3,(H,26,29). The molecule has 160 valence electrons. The van der Waals surface area contributed by atoms with E-state index in [-0.39, 0.29) is 17.7 Å². The zero-order chi connectivity index (χ0) is 20.9. The van der Waals surface area contributed by atoms with E-state index in [0.29, 0.717) is 6.54 Å². The van der Waals surface area contributed by atoms with Crippen LogP contribution in [0.1, 0.15) is 73.5 Å². The Hall–Kier alpha value is -2.43. The number of nitrogens with zero attached hydrogens (tertiary/aromatic N) is 2. The molecule has 2 amide bonds. The van der Waals surface area contributed by atoms with Gasteiger partial charge in [-0.25, -0.2) is 0 Å². The summed E-state index contributed by atoms with van der Waals surface area (Å²) >= 11 is 0. The number of pyridine rings is 1. The van der Waals surface area contributed by atoms with Gasteiger partial charge in [-0.05, 0) is 50.2 Å². The van der Waals surface area contributed by atoms with Gasteiger partial charge in [0.05, 0.1) is 17.0 Å². The molecule has 2 heterocycles. The number of amides is 2. The zero-order valence-corrected chi connectivity index (χ0v) is 18.1. The molecule has 1 unspecified atom stereocenters. The fraction of sp³-hybridized carbons (Fsp3) is 0.560. The predicted octanol–water partition coefficient (Wildman–Crippen LogP) is 4.27. The molecule has 1 fully saturated rings. The number of unbranched alkanes of at least 4 members (excludes halogenated alkanes) is 3. The van der Waals surface area contributed by atoms with E-state index in [9.17, 15) is 9.59 Å². The average Bonchev–Trinajstić information content (AvgIpc) is 3.25. The Bertz CT molecular complexity index is 924. The monoisotopic (exact) mass is 407 g/mol. The molecule has 1 aromatic carbocycles.